The predicted molar refractivity (Wildman–Crippen MR) is 85.8 cm³/mol. The van der Waals surface area contributed by atoms with Crippen LogP contribution in [0.2, 0.25) is 0 Å². The molecule has 0 aliphatic carbocycles. The molecule has 0 spiro atoms. The smallest absolute Gasteiger partial charge is 0.272 e. The minimum absolute atomic E-state index is 0.149. The Hall–Kier alpha value is -2.19. The van der Waals surface area contributed by atoms with Crippen LogP contribution in [0.4, 0.5) is 0 Å². The number of aryl methyl sites for hydroxylation is 1. The van der Waals surface area contributed by atoms with Gasteiger partial charge in [-0.05, 0) is 38.6 Å². The van der Waals surface area contributed by atoms with Gasteiger partial charge in [0.1, 0.15) is 11.6 Å². The maximum absolute atomic E-state index is 12.4. The largest absolute Gasteiger partial charge is 0.317 e. The third kappa shape index (κ3) is 2.55. The molecular formula is C16H17N3OS. The zero-order valence-electron chi connectivity index (χ0n) is 12.4. The number of aromatic nitrogens is 2. The van der Waals surface area contributed by atoms with Crippen molar-refractivity contribution in [3.8, 4) is 17.3 Å². The van der Waals surface area contributed by atoms with Crippen molar-refractivity contribution < 1.29 is 0 Å². The summed E-state index contributed by atoms with van der Waals surface area (Å²) in [5, 5.41) is 9.44. The predicted octanol–water partition coefficient (Wildman–Crippen LogP) is 3.27. The van der Waals surface area contributed by atoms with Crippen LogP contribution in [0.15, 0.2) is 29.1 Å². The molecule has 0 fully saturated rings. The summed E-state index contributed by atoms with van der Waals surface area (Å²) in [5.74, 6) is 0. The van der Waals surface area contributed by atoms with Crippen molar-refractivity contribution in [2.75, 3.05) is 0 Å². The monoisotopic (exact) mass is 299 g/mol. The Balaban J connectivity index is 2.94. The minimum atomic E-state index is -0.315. The summed E-state index contributed by atoms with van der Waals surface area (Å²) in [6.45, 7) is 6.87. The van der Waals surface area contributed by atoms with Crippen molar-refractivity contribution >= 4 is 12.2 Å². The van der Waals surface area contributed by atoms with Crippen LogP contribution in [-0.2, 0) is 13.1 Å². The van der Waals surface area contributed by atoms with Crippen molar-refractivity contribution in [3.05, 3.63) is 50.5 Å². The minimum Gasteiger partial charge on any atom is -0.317 e. The van der Waals surface area contributed by atoms with Gasteiger partial charge in [-0.3, -0.25) is 9.36 Å². The molecule has 0 unspecified atom stereocenters. The second-order valence-corrected chi connectivity index (χ2v) is 5.14. The van der Waals surface area contributed by atoms with Crippen LogP contribution in [0.3, 0.4) is 0 Å². The Labute approximate surface area is 128 Å². The van der Waals surface area contributed by atoms with Gasteiger partial charge in [0.2, 0.25) is 0 Å². The second kappa shape index (κ2) is 6.06. The van der Waals surface area contributed by atoms with Gasteiger partial charge >= 0.3 is 0 Å². The number of benzene rings is 1. The molecule has 0 atom stereocenters. The van der Waals surface area contributed by atoms with E-state index in [1.54, 1.807) is 0 Å². The van der Waals surface area contributed by atoms with Gasteiger partial charge in [-0.25, -0.2) is 0 Å². The normalized spacial score (nSPS) is 10.4. The lowest BCUT2D eigenvalue weighted by Gasteiger charge is -2.17. The van der Waals surface area contributed by atoms with Gasteiger partial charge in [0.05, 0.1) is 5.69 Å². The van der Waals surface area contributed by atoms with Gasteiger partial charge in [0.25, 0.3) is 5.56 Å². The fraction of sp³-hybridized carbons (Fsp3) is 0.312. The molecule has 5 heteroatoms. The van der Waals surface area contributed by atoms with Crippen LogP contribution in [-0.4, -0.2) is 9.13 Å². The molecule has 0 radical (unpaired) electrons. The first-order chi connectivity index (χ1) is 10.0. The topological polar surface area (TPSA) is 50.7 Å². The van der Waals surface area contributed by atoms with E-state index in [2.05, 4.69) is 6.07 Å². The van der Waals surface area contributed by atoms with Crippen molar-refractivity contribution in [2.45, 2.75) is 33.9 Å². The van der Waals surface area contributed by atoms with Crippen LogP contribution >= 0.6 is 12.2 Å². The number of nitriles is 1. The fourth-order valence-corrected chi connectivity index (χ4v) is 2.82. The Kier molecular flexibility index (Phi) is 4.39. The van der Waals surface area contributed by atoms with Gasteiger partial charge in [-0.2, -0.15) is 5.26 Å². The maximum Gasteiger partial charge on any atom is 0.272 e. The summed E-state index contributed by atoms with van der Waals surface area (Å²) in [7, 11) is 0. The Bertz CT molecular complexity index is 823. The molecule has 0 aliphatic rings. The number of hydrogen-bond acceptors (Lipinski definition) is 3. The van der Waals surface area contributed by atoms with E-state index in [9.17, 15) is 10.1 Å². The van der Waals surface area contributed by atoms with Gasteiger partial charge in [-0.1, -0.05) is 29.8 Å². The van der Waals surface area contributed by atoms with Crippen molar-refractivity contribution in [2.24, 2.45) is 0 Å². The van der Waals surface area contributed by atoms with Crippen molar-refractivity contribution in [3.63, 3.8) is 0 Å². The van der Waals surface area contributed by atoms with Crippen LogP contribution in [0.1, 0.15) is 25.0 Å². The fourth-order valence-electron chi connectivity index (χ4n) is 2.38. The molecule has 0 N–H and O–H groups in total. The zero-order chi connectivity index (χ0) is 15.6. The van der Waals surface area contributed by atoms with E-state index >= 15 is 0 Å². The summed E-state index contributed by atoms with van der Waals surface area (Å²) in [6.07, 6.45) is 0. The summed E-state index contributed by atoms with van der Waals surface area (Å²) in [4.78, 5) is 12.4. The van der Waals surface area contributed by atoms with Gasteiger partial charge < -0.3 is 4.57 Å². The number of hydrogen-bond donors (Lipinski definition) is 0. The molecule has 108 valence electrons. The van der Waals surface area contributed by atoms with E-state index in [1.807, 2.05) is 49.6 Å². The third-order valence-corrected chi connectivity index (χ3v) is 3.94. The quantitative estimate of drug-likeness (QED) is 0.817. The molecule has 2 rings (SSSR count). The lowest BCUT2D eigenvalue weighted by molar-refractivity contribution is 0.614. The van der Waals surface area contributed by atoms with E-state index in [-0.39, 0.29) is 11.1 Å². The third-order valence-electron chi connectivity index (χ3n) is 3.50. The average Bonchev–Trinajstić information content (AvgIpc) is 2.48. The Morgan fingerprint density at radius 3 is 2.19 bits per heavy atom. The standard InChI is InChI=1S/C16H17N3OS/c1-4-18-14(12-8-6-11(3)7-9-12)13(10-17)15(20)19(5-2)16(18)21/h6-9H,4-5H2,1-3H3. The van der Waals surface area contributed by atoms with Crippen molar-refractivity contribution in [1.29, 1.82) is 5.26 Å². The maximum atomic E-state index is 12.4. The van der Waals surface area contributed by atoms with E-state index in [4.69, 9.17) is 12.2 Å². The summed E-state index contributed by atoms with van der Waals surface area (Å²) < 4.78 is 3.78. The highest BCUT2D eigenvalue weighted by atomic mass is 32.1. The second-order valence-electron chi connectivity index (χ2n) is 4.78. The molecule has 1 aromatic heterocycles. The highest BCUT2D eigenvalue weighted by molar-refractivity contribution is 7.71. The summed E-state index contributed by atoms with van der Waals surface area (Å²) >= 11 is 5.42. The molecule has 0 aliphatic heterocycles. The SMILES string of the molecule is CCn1c(-c2ccc(C)cc2)c(C#N)c(=O)n(CC)c1=S. The van der Waals surface area contributed by atoms with Crippen LogP contribution < -0.4 is 5.56 Å². The number of nitrogens with zero attached hydrogens (tertiary/aromatic N) is 3. The van der Waals surface area contributed by atoms with Crippen LogP contribution in [0.25, 0.3) is 11.3 Å². The molecule has 0 bridgehead atoms. The van der Waals surface area contributed by atoms with E-state index in [0.29, 0.717) is 23.6 Å². The summed E-state index contributed by atoms with van der Waals surface area (Å²) in [5.41, 5.74) is 2.41. The first-order valence-corrected chi connectivity index (χ1v) is 7.30. The molecule has 2 aromatic rings. The zero-order valence-corrected chi connectivity index (χ0v) is 13.2. The Morgan fingerprint density at radius 1 is 1.14 bits per heavy atom. The van der Waals surface area contributed by atoms with Crippen LogP contribution in [0, 0.1) is 23.0 Å². The van der Waals surface area contributed by atoms with Crippen LogP contribution in [0.5, 0.6) is 0 Å². The molecule has 4 nitrogen and oxygen atoms in total. The summed E-state index contributed by atoms with van der Waals surface area (Å²) in [6, 6.07) is 9.82. The van der Waals surface area contributed by atoms with E-state index in [1.165, 1.54) is 4.57 Å². The number of rotatable bonds is 3. The highest BCUT2D eigenvalue weighted by Crippen LogP contribution is 2.22. The van der Waals surface area contributed by atoms with E-state index in [0.717, 1.165) is 11.1 Å². The molecule has 21 heavy (non-hydrogen) atoms. The first-order valence-electron chi connectivity index (χ1n) is 6.89. The molecule has 1 aromatic carbocycles. The lowest BCUT2D eigenvalue weighted by Crippen LogP contribution is -2.28. The van der Waals surface area contributed by atoms with Gasteiger partial charge in [-0.15, -0.1) is 0 Å². The van der Waals surface area contributed by atoms with E-state index < -0.39 is 0 Å². The lowest BCUT2D eigenvalue weighted by atomic mass is 10.1. The molecule has 0 saturated heterocycles. The molecule has 1 heterocycles. The molecule has 0 amide bonds. The van der Waals surface area contributed by atoms with Crippen molar-refractivity contribution in [1.82, 2.24) is 9.13 Å². The van der Waals surface area contributed by atoms with Gasteiger partial charge in [0, 0.05) is 13.1 Å². The Morgan fingerprint density at radius 2 is 1.71 bits per heavy atom. The average molecular weight is 299 g/mol. The van der Waals surface area contributed by atoms with Gasteiger partial charge in [0.15, 0.2) is 4.77 Å². The molecule has 0 saturated carbocycles. The molecular weight excluding hydrogens is 282 g/mol. The highest BCUT2D eigenvalue weighted by Gasteiger charge is 2.17. The first kappa shape index (κ1) is 15.2.